The van der Waals surface area contributed by atoms with Crippen molar-refractivity contribution in [1.29, 1.82) is 0 Å². The van der Waals surface area contributed by atoms with Crippen LogP contribution < -0.4 is 0 Å². The van der Waals surface area contributed by atoms with Crippen molar-refractivity contribution >= 4 is 10.3 Å². The monoisotopic (exact) mass is 220 g/mol. The van der Waals surface area contributed by atoms with Crippen molar-refractivity contribution in [3.63, 3.8) is 0 Å². The molecule has 0 spiro atoms. The lowest BCUT2D eigenvalue weighted by Gasteiger charge is -2.46. The van der Waals surface area contributed by atoms with Gasteiger partial charge in [-0.05, 0) is 25.4 Å². The summed E-state index contributed by atoms with van der Waals surface area (Å²) < 4.78 is 6.56. The molecule has 14 heavy (non-hydrogen) atoms. The van der Waals surface area contributed by atoms with Crippen LogP contribution in [0.4, 0.5) is 0 Å². The van der Waals surface area contributed by atoms with E-state index in [9.17, 15) is 0 Å². The maximum absolute atomic E-state index is 6.28. The van der Waals surface area contributed by atoms with E-state index in [4.69, 9.17) is 4.18 Å². The first kappa shape index (κ1) is 14.3. The quantitative estimate of drug-likeness (QED) is 0.669. The summed E-state index contributed by atoms with van der Waals surface area (Å²) in [6, 6.07) is 0. The molecule has 2 heteroatoms. The van der Waals surface area contributed by atoms with Crippen molar-refractivity contribution in [3.05, 3.63) is 0 Å². The Morgan fingerprint density at radius 3 is 1.93 bits per heavy atom. The molecule has 0 heterocycles. The molecular formula is C12H28OS. The Balaban J connectivity index is 4.32. The minimum Gasteiger partial charge on any atom is -0.333 e. The fraction of sp³-hybridized carbons (Fsp3) is 1.00. The van der Waals surface area contributed by atoms with E-state index in [1.807, 2.05) is 0 Å². The average Bonchev–Trinajstić information content (AvgIpc) is 2.01. The molecular weight excluding hydrogens is 192 g/mol. The molecule has 0 rings (SSSR count). The predicted molar refractivity (Wildman–Crippen MR) is 69.3 cm³/mol. The van der Waals surface area contributed by atoms with Gasteiger partial charge in [0.05, 0.1) is 6.10 Å². The maximum atomic E-state index is 6.28. The molecule has 88 valence electrons. The van der Waals surface area contributed by atoms with Gasteiger partial charge in [0.1, 0.15) is 0 Å². The van der Waals surface area contributed by atoms with Crippen LogP contribution in [0.5, 0.6) is 0 Å². The summed E-state index contributed by atoms with van der Waals surface area (Å²) in [6.07, 6.45) is 8.59. The van der Waals surface area contributed by atoms with Crippen LogP contribution in [0.15, 0.2) is 0 Å². The lowest BCUT2D eigenvalue weighted by Crippen LogP contribution is -2.28. The van der Waals surface area contributed by atoms with E-state index in [0.29, 0.717) is 6.10 Å². The minimum absolute atomic E-state index is 0.286. The van der Waals surface area contributed by atoms with Gasteiger partial charge < -0.3 is 4.18 Å². The number of rotatable bonds is 5. The van der Waals surface area contributed by atoms with Gasteiger partial charge in [-0.1, -0.05) is 41.0 Å². The second-order valence-electron chi connectivity index (χ2n) is 5.26. The normalized spacial score (nSPS) is 16.8. The van der Waals surface area contributed by atoms with Gasteiger partial charge >= 0.3 is 0 Å². The molecule has 0 aromatic carbocycles. The van der Waals surface area contributed by atoms with Crippen LogP contribution in [0, 0.1) is 0 Å². The fourth-order valence-corrected chi connectivity index (χ4v) is 2.33. The van der Waals surface area contributed by atoms with E-state index in [0.717, 1.165) is 6.42 Å². The molecule has 0 saturated carbocycles. The molecule has 0 aliphatic heterocycles. The van der Waals surface area contributed by atoms with Crippen LogP contribution in [-0.4, -0.2) is 23.4 Å². The molecule has 1 nitrogen and oxygen atoms in total. The molecule has 0 saturated heterocycles. The molecule has 0 bridgehead atoms. The molecule has 1 atom stereocenters. The predicted octanol–water partition coefficient (Wildman–Crippen LogP) is 4.36. The summed E-state index contributed by atoms with van der Waals surface area (Å²) >= 11 is 0. The highest BCUT2D eigenvalue weighted by atomic mass is 32.3. The summed E-state index contributed by atoms with van der Waals surface area (Å²) in [4.78, 5) is 0. The highest BCUT2D eigenvalue weighted by Crippen LogP contribution is 2.55. The van der Waals surface area contributed by atoms with Crippen LogP contribution in [0.3, 0.4) is 0 Å². The van der Waals surface area contributed by atoms with Crippen molar-refractivity contribution in [2.75, 3.05) is 12.5 Å². The first-order valence-corrected chi connectivity index (χ1v) is 8.03. The molecule has 0 amide bonds. The summed E-state index contributed by atoms with van der Waals surface area (Å²) in [5, 5.41) is 0. The van der Waals surface area contributed by atoms with E-state index in [-0.39, 0.29) is 4.75 Å². The first-order chi connectivity index (χ1) is 6.24. The van der Waals surface area contributed by atoms with E-state index >= 15 is 0 Å². The second kappa shape index (κ2) is 5.41. The highest BCUT2D eigenvalue weighted by Gasteiger charge is 2.30. The molecule has 0 aliphatic carbocycles. The molecule has 0 aromatic rings. The number of hydrogen-bond acceptors (Lipinski definition) is 1. The zero-order valence-electron chi connectivity index (χ0n) is 11.0. The van der Waals surface area contributed by atoms with Crippen molar-refractivity contribution in [1.82, 2.24) is 0 Å². The van der Waals surface area contributed by atoms with Crippen molar-refractivity contribution in [3.8, 4) is 0 Å². The van der Waals surface area contributed by atoms with Crippen molar-refractivity contribution < 1.29 is 4.18 Å². The molecule has 0 fully saturated rings. The molecule has 0 radical (unpaired) electrons. The smallest absolute Gasteiger partial charge is 0.0698 e. The van der Waals surface area contributed by atoms with Crippen LogP contribution in [-0.2, 0) is 4.18 Å². The van der Waals surface area contributed by atoms with Gasteiger partial charge in [-0.25, -0.2) is 0 Å². The van der Waals surface area contributed by atoms with Gasteiger partial charge in [0.25, 0.3) is 0 Å². The third kappa shape index (κ3) is 4.22. The fourth-order valence-electron chi connectivity index (χ4n) is 1.13. The second-order valence-corrected chi connectivity index (χ2v) is 9.14. The number of hydrogen-bond donors (Lipinski definition) is 0. The van der Waals surface area contributed by atoms with Crippen LogP contribution in [0.1, 0.15) is 53.9 Å². The average molecular weight is 220 g/mol. The maximum Gasteiger partial charge on any atom is 0.0698 e. The minimum atomic E-state index is -0.931. The molecule has 0 aliphatic rings. The van der Waals surface area contributed by atoms with Gasteiger partial charge in [-0.3, -0.25) is 0 Å². The van der Waals surface area contributed by atoms with Gasteiger partial charge in [-0.2, -0.15) is 0 Å². The van der Waals surface area contributed by atoms with Crippen molar-refractivity contribution in [2.24, 2.45) is 0 Å². The van der Waals surface area contributed by atoms with E-state index in [1.54, 1.807) is 0 Å². The Labute approximate surface area is 92.1 Å². The van der Waals surface area contributed by atoms with Crippen LogP contribution in [0.2, 0.25) is 0 Å². The van der Waals surface area contributed by atoms with Crippen LogP contribution >= 0.6 is 10.3 Å². The Morgan fingerprint density at radius 2 is 1.64 bits per heavy atom. The third-order valence-electron chi connectivity index (χ3n) is 2.92. The van der Waals surface area contributed by atoms with Gasteiger partial charge in [0.2, 0.25) is 0 Å². The summed E-state index contributed by atoms with van der Waals surface area (Å²) in [7, 11) is -0.931. The standard InChI is InChI=1S/C12H28OS/c1-8-10-11(9-2)13-14(6,7)12(3,4)5/h11H,8-10H2,1-7H3. The van der Waals surface area contributed by atoms with Gasteiger partial charge in [0.15, 0.2) is 0 Å². The Bertz CT molecular complexity index is 158. The summed E-state index contributed by atoms with van der Waals surface area (Å²) in [5.74, 6) is 0. The summed E-state index contributed by atoms with van der Waals surface area (Å²) in [5.41, 5.74) is 0. The van der Waals surface area contributed by atoms with Gasteiger partial charge in [-0.15, -0.1) is 10.3 Å². The topological polar surface area (TPSA) is 9.23 Å². The molecule has 0 aromatic heterocycles. The SMILES string of the molecule is CCCC(CC)OS(C)(C)C(C)(C)C. The van der Waals surface area contributed by atoms with Crippen molar-refractivity contribution in [2.45, 2.75) is 64.7 Å². The van der Waals surface area contributed by atoms with E-state index in [2.05, 4.69) is 47.1 Å². The Hall–Kier alpha value is 0.310. The zero-order valence-corrected chi connectivity index (χ0v) is 11.8. The first-order valence-electron chi connectivity index (χ1n) is 5.65. The Morgan fingerprint density at radius 1 is 1.14 bits per heavy atom. The van der Waals surface area contributed by atoms with Crippen LogP contribution in [0.25, 0.3) is 0 Å². The zero-order chi connectivity index (χ0) is 11.4. The largest absolute Gasteiger partial charge is 0.333 e. The Kier molecular flexibility index (Phi) is 5.53. The van der Waals surface area contributed by atoms with E-state index in [1.165, 1.54) is 12.8 Å². The van der Waals surface area contributed by atoms with Gasteiger partial charge in [0, 0.05) is 4.75 Å². The van der Waals surface area contributed by atoms with E-state index < -0.39 is 10.3 Å². The summed E-state index contributed by atoms with van der Waals surface area (Å²) in [6.45, 7) is 11.3. The molecule has 1 unspecified atom stereocenters. The lowest BCUT2D eigenvalue weighted by atomic mass is 10.2. The third-order valence-corrected chi connectivity index (χ3v) is 6.62. The lowest BCUT2D eigenvalue weighted by molar-refractivity contribution is 0.208. The molecule has 0 N–H and O–H groups in total. The highest BCUT2D eigenvalue weighted by molar-refractivity contribution is 8.29.